The van der Waals surface area contributed by atoms with Gasteiger partial charge in [-0.25, -0.2) is 0 Å². The predicted octanol–water partition coefficient (Wildman–Crippen LogP) is 1.83. The summed E-state index contributed by atoms with van der Waals surface area (Å²) in [6.07, 6.45) is 0.0693. The third-order valence-electron chi connectivity index (χ3n) is 1.89. The Morgan fingerprint density at radius 2 is 2.00 bits per heavy atom. The van der Waals surface area contributed by atoms with Crippen LogP contribution in [0.5, 0.6) is 0 Å². The second kappa shape index (κ2) is 7.12. The monoisotopic (exact) mass is 220 g/mol. The number of carbonyl (C=O) groups is 1. The van der Waals surface area contributed by atoms with Crippen molar-refractivity contribution in [3.05, 3.63) is 0 Å². The van der Waals surface area contributed by atoms with E-state index in [0.29, 0.717) is 13.0 Å². The van der Waals surface area contributed by atoms with Crippen molar-refractivity contribution in [1.29, 1.82) is 0 Å². The Kier molecular flexibility index (Phi) is 7.01. The fourth-order valence-corrected chi connectivity index (χ4v) is 2.18. The largest absolute Gasteiger partial charge is 0.466 e. The standard InChI is InChI=1S/C10H20O3S/c1-5-13-10(12)6-7(2)14-9(4)8(3)11/h7-9,11H,5-6H2,1-4H3. The van der Waals surface area contributed by atoms with Crippen LogP contribution in [-0.2, 0) is 9.53 Å². The van der Waals surface area contributed by atoms with E-state index in [0.717, 1.165) is 0 Å². The molecular formula is C10H20O3S. The van der Waals surface area contributed by atoms with Gasteiger partial charge in [-0.3, -0.25) is 4.79 Å². The van der Waals surface area contributed by atoms with Gasteiger partial charge in [-0.1, -0.05) is 13.8 Å². The molecule has 0 fully saturated rings. The van der Waals surface area contributed by atoms with Crippen molar-refractivity contribution in [2.24, 2.45) is 0 Å². The third-order valence-corrected chi connectivity index (χ3v) is 3.34. The van der Waals surface area contributed by atoms with Gasteiger partial charge in [0.25, 0.3) is 0 Å². The maximum atomic E-state index is 11.1. The summed E-state index contributed by atoms with van der Waals surface area (Å²) < 4.78 is 4.84. The van der Waals surface area contributed by atoms with Crippen LogP contribution in [0.15, 0.2) is 0 Å². The molecule has 0 spiro atoms. The molecule has 0 aromatic carbocycles. The summed E-state index contributed by atoms with van der Waals surface area (Å²) in [4.78, 5) is 11.1. The average molecular weight is 220 g/mol. The highest BCUT2D eigenvalue weighted by Gasteiger charge is 2.16. The van der Waals surface area contributed by atoms with Crippen LogP contribution < -0.4 is 0 Å². The molecule has 0 aliphatic heterocycles. The highest BCUT2D eigenvalue weighted by molar-refractivity contribution is 8.00. The quantitative estimate of drug-likeness (QED) is 0.694. The first-order chi connectivity index (χ1) is 6.47. The summed E-state index contributed by atoms with van der Waals surface area (Å²) in [6, 6.07) is 0. The molecule has 1 N–H and O–H groups in total. The first-order valence-electron chi connectivity index (χ1n) is 4.96. The van der Waals surface area contributed by atoms with E-state index in [2.05, 4.69) is 0 Å². The van der Waals surface area contributed by atoms with Crippen LogP contribution in [0.25, 0.3) is 0 Å². The first-order valence-corrected chi connectivity index (χ1v) is 5.90. The van der Waals surface area contributed by atoms with Crippen LogP contribution in [0.2, 0.25) is 0 Å². The molecule has 0 aliphatic carbocycles. The summed E-state index contributed by atoms with van der Waals surface area (Å²) in [5, 5.41) is 9.62. The van der Waals surface area contributed by atoms with Gasteiger partial charge in [0.2, 0.25) is 0 Å². The summed E-state index contributed by atoms with van der Waals surface area (Å²) in [7, 11) is 0. The smallest absolute Gasteiger partial charge is 0.306 e. The van der Waals surface area contributed by atoms with Gasteiger partial charge in [-0.05, 0) is 13.8 Å². The molecule has 0 aromatic rings. The fraction of sp³-hybridized carbons (Fsp3) is 0.900. The van der Waals surface area contributed by atoms with E-state index in [9.17, 15) is 9.90 Å². The average Bonchev–Trinajstić information content (AvgIpc) is 2.03. The molecule has 0 saturated heterocycles. The molecule has 0 bridgehead atoms. The maximum absolute atomic E-state index is 11.1. The molecule has 0 radical (unpaired) electrons. The van der Waals surface area contributed by atoms with Crippen molar-refractivity contribution >= 4 is 17.7 Å². The molecule has 0 aliphatic rings. The minimum atomic E-state index is -0.343. The molecule has 0 saturated carbocycles. The van der Waals surface area contributed by atoms with Gasteiger partial charge >= 0.3 is 5.97 Å². The minimum Gasteiger partial charge on any atom is -0.466 e. The van der Waals surface area contributed by atoms with E-state index in [4.69, 9.17) is 4.74 Å². The van der Waals surface area contributed by atoms with E-state index in [1.807, 2.05) is 13.8 Å². The van der Waals surface area contributed by atoms with Crippen LogP contribution in [0, 0.1) is 0 Å². The van der Waals surface area contributed by atoms with Crippen molar-refractivity contribution in [2.75, 3.05) is 6.61 Å². The second-order valence-corrected chi connectivity index (χ2v) is 5.22. The van der Waals surface area contributed by atoms with Gasteiger partial charge in [0, 0.05) is 10.5 Å². The van der Waals surface area contributed by atoms with Crippen LogP contribution in [0.3, 0.4) is 0 Å². The summed E-state index contributed by atoms with van der Waals surface area (Å²) in [6.45, 7) is 7.92. The number of aliphatic hydroxyl groups excluding tert-OH is 1. The number of esters is 1. The number of hydrogen-bond acceptors (Lipinski definition) is 4. The lowest BCUT2D eigenvalue weighted by Gasteiger charge is -2.18. The molecule has 4 heteroatoms. The lowest BCUT2D eigenvalue weighted by atomic mass is 10.3. The van der Waals surface area contributed by atoms with Gasteiger partial charge in [0.1, 0.15) is 0 Å². The van der Waals surface area contributed by atoms with Crippen molar-refractivity contribution < 1.29 is 14.6 Å². The van der Waals surface area contributed by atoms with Gasteiger partial charge in [-0.2, -0.15) is 11.8 Å². The fourth-order valence-electron chi connectivity index (χ4n) is 0.983. The zero-order valence-corrected chi connectivity index (χ0v) is 10.1. The zero-order chi connectivity index (χ0) is 11.1. The number of hydrogen-bond donors (Lipinski definition) is 1. The molecule has 3 unspecified atom stereocenters. The Bertz CT molecular complexity index is 171. The normalized spacial score (nSPS) is 17.2. The zero-order valence-electron chi connectivity index (χ0n) is 9.32. The van der Waals surface area contributed by atoms with Gasteiger partial charge < -0.3 is 9.84 Å². The highest BCUT2D eigenvalue weighted by atomic mass is 32.2. The van der Waals surface area contributed by atoms with Crippen LogP contribution in [0.1, 0.15) is 34.1 Å². The number of aliphatic hydroxyl groups is 1. The molecule has 0 amide bonds. The second-order valence-electron chi connectivity index (χ2n) is 3.40. The van der Waals surface area contributed by atoms with E-state index >= 15 is 0 Å². The Hall–Kier alpha value is -0.220. The number of carbonyl (C=O) groups excluding carboxylic acids is 1. The van der Waals surface area contributed by atoms with Crippen LogP contribution >= 0.6 is 11.8 Å². The van der Waals surface area contributed by atoms with Gasteiger partial charge in [-0.15, -0.1) is 0 Å². The lowest BCUT2D eigenvalue weighted by molar-refractivity contribution is -0.142. The van der Waals surface area contributed by atoms with E-state index in [-0.39, 0.29) is 22.6 Å². The van der Waals surface area contributed by atoms with E-state index in [1.165, 1.54) is 0 Å². The topological polar surface area (TPSA) is 46.5 Å². The van der Waals surface area contributed by atoms with Crippen molar-refractivity contribution in [3.63, 3.8) is 0 Å². The van der Waals surface area contributed by atoms with Crippen LogP contribution in [0.4, 0.5) is 0 Å². The maximum Gasteiger partial charge on any atom is 0.306 e. The number of ether oxygens (including phenoxy) is 1. The first kappa shape index (κ1) is 13.8. The van der Waals surface area contributed by atoms with E-state index < -0.39 is 0 Å². The molecule has 84 valence electrons. The summed E-state index contributed by atoms with van der Waals surface area (Å²) >= 11 is 1.61. The number of rotatable bonds is 6. The van der Waals surface area contributed by atoms with Crippen molar-refractivity contribution in [3.8, 4) is 0 Å². The van der Waals surface area contributed by atoms with Crippen LogP contribution in [-0.4, -0.2) is 34.3 Å². The summed E-state index contributed by atoms with van der Waals surface area (Å²) in [5.41, 5.74) is 0. The van der Waals surface area contributed by atoms with Gasteiger partial charge in [0.05, 0.1) is 19.1 Å². The molecule has 0 heterocycles. The molecular weight excluding hydrogens is 200 g/mol. The molecule has 0 rings (SSSR count). The van der Waals surface area contributed by atoms with E-state index in [1.54, 1.807) is 25.6 Å². The SMILES string of the molecule is CCOC(=O)CC(C)SC(C)C(C)O. The molecule has 14 heavy (non-hydrogen) atoms. The van der Waals surface area contributed by atoms with Gasteiger partial charge in [0.15, 0.2) is 0 Å². The number of thioether (sulfide) groups is 1. The Labute approximate surface area is 90.2 Å². The molecule has 3 atom stereocenters. The predicted molar refractivity (Wildman–Crippen MR) is 59.4 cm³/mol. The Balaban J connectivity index is 3.74. The van der Waals surface area contributed by atoms with Crippen molar-refractivity contribution in [1.82, 2.24) is 0 Å². The Morgan fingerprint density at radius 3 is 2.43 bits per heavy atom. The van der Waals surface area contributed by atoms with Crippen molar-refractivity contribution in [2.45, 2.75) is 50.7 Å². The molecule has 0 aromatic heterocycles. The highest BCUT2D eigenvalue weighted by Crippen LogP contribution is 2.22. The Morgan fingerprint density at radius 1 is 1.43 bits per heavy atom. The third kappa shape index (κ3) is 6.27. The lowest BCUT2D eigenvalue weighted by Crippen LogP contribution is -2.20. The minimum absolute atomic E-state index is 0.152. The summed E-state index contributed by atoms with van der Waals surface area (Å²) in [5.74, 6) is -0.162. The molecule has 3 nitrogen and oxygen atoms in total.